The Bertz CT molecular complexity index is 880. The summed E-state index contributed by atoms with van der Waals surface area (Å²) in [6.45, 7) is -0.498. The molecule has 1 aromatic carbocycles. The van der Waals surface area contributed by atoms with E-state index in [0.29, 0.717) is 6.42 Å². The first-order valence-electron chi connectivity index (χ1n) is 9.35. The summed E-state index contributed by atoms with van der Waals surface area (Å²) in [5, 5.41) is 0. The van der Waals surface area contributed by atoms with Crippen molar-refractivity contribution in [3.8, 4) is 0 Å². The molecule has 1 aliphatic heterocycles. The third-order valence-electron chi connectivity index (χ3n) is 5.02. The van der Waals surface area contributed by atoms with Gasteiger partial charge in [-0.25, -0.2) is 8.42 Å². The van der Waals surface area contributed by atoms with Crippen LogP contribution in [0.2, 0.25) is 0 Å². The molecule has 2 aliphatic rings. The van der Waals surface area contributed by atoms with Gasteiger partial charge in [0, 0.05) is 6.42 Å². The fourth-order valence-corrected chi connectivity index (χ4v) is 5.48. The van der Waals surface area contributed by atoms with Crippen LogP contribution >= 0.6 is 0 Å². The lowest BCUT2D eigenvalue weighted by atomic mass is 10.0. The highest BCUT2D eigenvalue weighted by Gasteiger charge is 2.29. The Morgan fingerprint density at radius 1 is 1.07 bits per heavy atom. The van der Waals surface area contributed by atoms with Crippen molar-refractivity contribution >= 4 is 27.6 Å². The zero-order chi connectivity index (χ0) is 20.1. The molecule has 1 aromatic rings. The molecule has 0 saturated carbocycles. The molecular weight excluding hydrogens is 384 g/mol. The molecule has 1 fully saturated rings. The van der Waals surface area contributed by atoms with E-state index >= 15 is 0 Å². The van der Waals surface area contributed by atoms with Crippen molar-refractivity contribution in [1.82, 2.24) is 10.9 Å². The molecular formula is C19H24N2O6S. The number of hydrazine groups is 1. The number of carbonyl (C=O) groups excluding carboxylic acids is 3. The van der Waals surface area contributed by atoms with Gasteiger partial charge in [-0.3, -0.25) is 25.2 Å². The predicted molar refractivity (Wildman–Crippen MR) is 101 cm³/mol. The van der Waals surface area contributed by atoms with Crippen LogP contribution in [0.25, 0.3) is 0 Å². The Labute approximate surface area is 163 Å². The number of sulfone groups is 1. The minimum Gasteiger partial charge on any atom is -0.455 e. The lowest BCUT2D eigenvalue weighted by molar-refractivity contribution is -0.148. The summed E-state index contributed by atoms with van der Waals surface area (Å²) < 4.78 is 27.7. The topological polar surface area (TPSA) is 119 Å². The SMILES string of the molecule is O=C(COC(=O)Cc1ccc2c(c1)CCC2)NNC(=O)C[C@H]1CCS(=O)(=O)C1. The molecule has 152 valence electrons. The summed E-state index contributed by atoms with van der Waals surface area (Å²) in [7, 11) is -3.04. The summed E-state index contributed by atoms with van der Waals surface area (Å²) >= 11 is 0. The fourth-order valence-electron chi connectivity index (χ4n) is 3.62. The Balaban J connectivity index is 1.33. The number of benzene rings is 1. The molecule has 0 spiro atoms. The van der Waals surface area contributed by atoms with Crippen molar-refractivity contribution in [2.24, 2.45) is 5.92 Å². The highest BCUT2D eigenvalue weighted by Crippen LogP contribution is 2.23. The van der Waals surface area contributed by atoms with Crippen molar-refractivity contribution in [2.45, 2.75) is 38.5 Å². The zero-order valence-electron chi connectivity index (χ0n) is 15.5. The number of ether oxygens (including phenoxy) is 1. The Hall–Kier alpha value is -2.42. The van der Waals surface area contributed by atoms with Gasteiger partial charge in [-0.15, -0.1) is 0 Å². The van der Waals surface area contributed by atoms with Gasteiger partial charge in [0.15, 0.2) is 16.4 Å². The minimum atomic E-state index is -3.04. The monoisotopic (exact) mass is 408 g/mol. The van der Waals surface area contributed by atoms with Gasteiger partial charge in [-0.1, -0.05) is 18.2 Å². The number of rotatable bonds is 6. The second-order valence-electron chi connectivity index (χ2n) is 7.36. The molecule has 9 heteroatoms. The van der Waals surface area contributed by atoms with Gasteiger partial charge < -0.3 is 4.74 Å². The van der Waals surface area contributed by atoms with E-state index in [0.717, 1.165) is 24.8 Å². The van der Waals surface area contributed by atoms with Gasteiger partial charge in [0.25, 0.3) is 5.91 Å². The molecule has 1 aliphatic carbocycles. The molecule has 8 nitrogen and oxygen atoms in total. The first-order valence-corrected chi connectivity index (χ1v) is 11.2. The Morgan fingerprint density at radius 3 is 2.57 bits per heavy atom. The van der Waals surface area contributed by atoms with E-state index in [2.05, 4.69) is 10.9 Å². The summed E-state index contributed by atoms with van der Waals surface area (Å²) in [5.74, 6) is -1.79. The molecule has 0 unspecified atom stereocenters. The van der Waals surface area contributed by atoms with Crippen molar-refractivity contribution in [2.75, 3.05) is 18.1 Å². The molecule has 2 amide bonds. The van der Waals surface area contributed by atoms with Crippen molar-refractivity contribution in [1.29, 1.82) is 0 Å². The molecule has 1 heterocycles. The van der Waals surface area contributed by atoms with Crippen LogP contribution in [-0.2, 0) is 48.2 Å². The van der Waals surface area contributed by atoms with Crippen molar-refractivity contribution < 1.29 is 27.5 Å². The average Bonchev–Trinajstić information content (AvgIpc) is 3.23. The first kappa shape index (κ1) is 20.3. The van der Waals surface area contributed by atoms with E-state index in [1.54, 1.807) is 0 Å². The van der Waals surface area contributed by atoms with Crippen LogP contribution in [0.15, 0.2) is 18.2 Å². The zero-order valence-corrected chi connectivity index (χ0v) is 16.3. The van der Waals surface area contributed by atoms with Crippen LogP contribution in [0.3, 0.4) is 0 Å². The quantitative estimate of drug-likeness (QED) is 0.514. The van der Waals surface area contributed by atoms with Crippen LogP contribution in [0.5, 0.6) is 0 Å². The normalized spacial score (nSPS) is 19.6. The van der Waals surface area contributed by atoms with E-state index in [4.69, 9.17) is 4.74 Å². The van der Waals surface area contributed by atoms with E-state index in [-0.39, 0.29) is 30.3 Å². The third kappa shape index (κ3) is 5.79. The molecule has 1 atom stereocenters. The lowest BCUT2D eigenvalue weighted by Gasteiger charge is -2.10. The summed E-state index contributed by atoms with van der Waals surface area (Å²) in [4.78, 5) is 35.4. The third-order valence-corrected chi connectivity index (χ3v) is 6.85. The average molecular weight is 408 g/mol. The van der Waals surface area contributed by atoms with E-state index in [1.165, 1.54) is 11.1 Å². The van der Waals surface area contributed by atoms with Crippen LogP contribution in [-0.4, -0.2) is 44.3 Å². The molecule has 0 radical (unpaired) electrons. The fraction of sp³-hybridized carbons (Fsp3) is 0.526. The maximum Gasteiger partial charge on any atom is 0.310 e. The largest absolute Gasteiger partial charge is 0.455 e. The highest BCUT2D eigenvalue weighted by molar-refractivity contribution is 7.91. The molecule has 0 bridgehead atoms. The van der Waals surface area contributed by atoms with E-state index in [1.807, 2.05) is 18.2 Å². The van der Waals surface area contributed by atoms with E-state index in [9.17, 15) is 22.8 Å². The molecule has 2 N–H and O–H groups in total. The predicted octanol–water partition coefficient (Wildman–Crippen LogP) is 0.233. The summed E-state index contributed by atoms with van der Waals surface area (Å²) in [5.41, 5.74) is 7.82. The van der Waals surface area contributed by atoms with E-state index < -0.39 is 34.2 Å². The minimum absolute atomic E-state index is 0.00528. The van der Waals surface area contributed by atoms with Crippen LogP contribution in [0.1, 0.15) is 36.0 Å². The van der Waals surface area contributed by atoms with Crippen LogP contribution in [0.4, 0.5) is 0 Å². The maximum atomic E-state index is 11.9. The number of carbonyl (C=O) groups is 3. The van der Waals surface area contributed by atoms with Gasteiger partial charge in [0.1, 0.15) is 0 Å². The number of amides is 2. The van der Waals surface area contributed by atoms with Gasteiger partial charge in [0.05, 0.1) is 17.9 Å². The maximum absolute atomic E-state index is 11.9. The molecule has 28 heavy (non-hydrogen) atoms. The van der Waals surface area contributed by atoms with Gasteiger partial charge in [-0.2, -0.15) is 0 Å². The van der Waals surface area contributed by atoms with Crippen LogP contribution in [0, 0.1) is 5.92 Å². The first-order chi connectivity index (χ1) is 13.3. The number of esters is 1. The molecule has 0 aromatic heterocycles. The smallest absolute Gasteiger partial charge is 0.310 e. The Kier molecular flexibility index (Phi) is 6.33. The van der Waals surface area contributed by atoms with Crippen molar-refractivity contribution in [3.05, 3.63) is 34.9 Å². The molecule has 3 rings (SSSR count). The molecule has 1 saturated heterocycles. The summed E-state index contributed by atoms with van der Waals surface area (Å²) in [6, 6.07) is 5.94. The number of nitrogens with one attached hydrogen (secondary N) is 2. The lowest BCUT2D eigenvalue weighted by Crippen LogP contribution is -2.44. The Morgan fingerprint density at radius 2 is 1.82 bits per heavy atom. The standard InChI is InChI=1S/C19H24N2O6S/c22-17(9-14-6-7-28(25,26)12-14)20-21-18(23)11-27-19(24)10-13-4-5-15-2-1-3-16(15)8-13/h4-5,8,14H,1-3,6-7,9-12H2,(H,20,22)(H,21,23)/t14-/m1/s1. The second kappa shape index (κ2) is 8.72. The van der Waals surface area contributed by atoms with Gasteiger partial charge >= 0.3 is 5.97 Å². The highest BCUT2D eigenvalue weighted by atomic mass is 32.2. The summed E-state index contributed by atoms with van der Waals surface area (Å²) in [6.07, 6.45) is 3.78. The number of aryl methyl sites for hydroxylation is 2. The van der Waals surface area contributed by atoms with Crippen molar-refractivity contribution in [3.63, 3.8) is 0 Å². The number of hydrogen-bond acceptors (Lipinski definition) is 6. The number of fused-ring (bicyclic) bond motifs is 1. The van der Waals surface area contributed by atoms with Crippen LogP contribution < -0.4 is 10.9 Å². The number of hydrogen-bond donors (Lipinski definition) is 2. The van der Waals surface area contributed by atoms with Gasteiger partial charge in [0.2, 0.25) is 5.91 Å². The second-order valence-corrected chi connectivity index (χ2v) is 9.59. The van der Waals surface area contributed by atoms with Gasteiger partial charge in [-0.05, 0) is 48.3 Å².